The molecule has 1 N–H and O–H groups in total. The highest BCUT2D eigenvalue weighted by molar-refractivity contribution is 6.92. The highest BCUT2D eigenvalue weighted by atomic mass is 31.0. The summed E-state index contributed by atoms with van der Waals surface area (Å²) in [6.45, 7) is 2.06. The molecule has 0 bridgehead atoms. The Morgan fingerprint density at radius 3 is 2.62 bits per heavy atom. The normalized spacial score (nSPS) is 9.31. The van der Waals surface area contributed by atoms with E-state index >= 15 is 0 Å². The lowest BCUT2D eigenvalue weighted by atomic mass is 10.1. The zero-order valence-electron chi connectivity index (χ0n) is 7.49. The molecule has 1 aromatic heterocycles. The predicted molar refractivity (Wildman–Crippen MR) is 57.7 cm³/mol. The fourth-order valence-electron chi connectivity index (χ4n) is 1.19. The number of H-pyrrole nitrogens is 1. The molecule has 0 spiro atoms. The van der Waals surface area contributed by atoms with Crippen LogP contribution in [0.25, 0.3) is 11.3 Å². The lowest BCUT2D eigenvalue weighted by molar-refractivity contribution is 0.942. The van der Waals surface area contributed by atoms with Gasteiger partial charge in [-0.25, -0.2) is 0 Å². The van der Waals surface area contributed by atoms with E-state index in [1.165, 1.54) is 5.56 Å². The van der Waals surface area contributed by atoms with Gasteiger partial charge in [0.25, 0.3) is 0 Å². The highest BCUT2D eigenvalue weighted by Crippen LogP contribution is 2.18. The Hall–Kier alpha value is -1.21. The molecule has 1 atom stereocenters. The summed E-state index contributed by atoms with van der Waals surface area (Å²) in [4.78, 5) is 0. The van der Waals surface area contributed by atoms with Gasteiger partial charge in [0.2, 0.25) is 0 Å². The summed E-state index contributed by atoms with van der Waals surface area (Å²) in [7, 11) is 0. The van der Waals surface area contributed by atoms with Gasteiger partial charge in [-0.05, 0) is 12.5 Å². The molecule has 68 valence electrons. The molecule has 0 saturated carbocycles. The number of hydrogen-bond acceptors (Lipinski definition) is 2. The minimum Gasteiger partial charge on any atom is -0.265 e. The second-order valence-electron chi connectivity index (χ2n) is 2.67. The largest absolute Gasteiger partial charge is 0.265 e. The summed E-state index contributed by atoms with van der Waals surface area (Å²) >= 11 is 0. The van der Waals surface area contributed by atoms with Gasteiger partial charge in [0, 0.05) is 11.8 Å². The van der Waals surface area contributed by atoms with Crippen LogP contribution in [0.5, 0.6) is 0 Å². The first-order valence-corrected chi connectivity index (χ1v) is 3.80. The van der Waals surface area contributed by atoms with Crippen LogP contribution >= 0.6 is 9.90 Å². The van der Waals surface area contributed by atoms with E-state index in [4.69, 9.17) is 0 Å². The Balaban J connectivity index is 0.000000845. The van der Waals surface area contributed by atoms with Gasteiger partial charge < -0.3 is 0 Å². The van der Waals surface area contributed by atoms with Crippen LogP contribution in [0.2, 0.25) is 0 Å². The molecule has 0 radical (unpaired) electrons. The monoisotopic (exact) mass is 193 g/mol. The van der Waals surface area contributed by atoms with Gasteiger partial charge in [-0.3, -0.25) is 5.10 Å². The Kier molecular flexibility index (Phi) is 3.15. The molecule has 0 aliphatic carbocycles. The standard InChI is InChI=1S/C9H9N3.H3P/c1-7-4-2-3-5-8(7)9-6-10-12-11-9;/h2-6H,1H3,(H,10,11,12);1H3. The molecule has 3 nitrogen and oxygen atoms in total. The molecule has 2 aromatic rings. The first kappa shape index (κ1) is 9.87. The van der Waals surface area contributed by atoms with Gasteiger partial charge >= 0.3 is 0 Å². The van der Waals surface area contributed by atoms with E-state index in [0.29, 0.717) is 0 Å². The zero-order chi connectivity index (χ0) is 8.39. The van der Waals surface area contributed by atoms with Crippen LogP contribution in [0.1, 0.15) is 5.56 Å². The quantitative estimate of drug-likeness (QED) is 0.702. The maximum atomic E-state index is 3.94. The van der Waals surface area contributed by atoms with Crippen molar-refractivity contribution in [3.63, 3.8) is 0 Å². The van der Waals surface area contributed by atoms with Crippen molar-refractivity contribution < 1.29 is 0 Å². The summed E-state index contributed by atoms with van der Waals surface area (Å²) in [5.74, 6) is 0. The van der Waals surface area contributed by atoms with E-state index in [2.05, 4.69) is 28.4 Å². The minimum atomic E-state index is 0. The number of rotatable bonds is 1. The summed E-state index contributed by atoms with van der Waals surface area (Å²) in [5, 5.41) is 10.3. The molecule has 1 heterocycles. The van der Waals surface area contributed by atoms with Crippen LogP contribution in [0.15, 0.2) is 30.5 Å². The second kappa shape index (κ2) is 4.15. The molecule has 1 unspecified atom stereocenters. The number of aromatic nitrogens is 3. The van der Waals surface area contributed by atoms with Crippen molar-refractivity contribution in [1.82, 2.24) is 15.4 Å². The van der Waals surface area contributed by atoms with Crippen LogP contribution in [-0.2, 0) is 0 Å². The smallest absolute Gasteiger partial charge is 0.113 e. The van der Waals surface area contributed by atoms with Crippen molar-refractivity contribution in [2.75, 3.05) is 0 Å². The second-order valence-corrected chi connectivity index (χ2v) is 2.67. The summed E-state index contributed by atoms with van der Waals surface area (Å²) in [6.07, 6.45) is 1.79. The minimum absolute atomic E-state index is 0. The van der Waals surface area contributed by atoms with Crippen molar-refractivity contribution in [3.05, 3.63) is 36.0 Å². The molecule has 0 amide bonds. The maximum absolute atomic E-state index is 3.94. The third-order valence-electron chi connectivity index (χ3n) is 1.84. The van der Waals surface area contributed by atoms with E-state index in [-0.39, 0.29) is 9.90 Å². The average Bonchev–Trinajstić information content (AvgIpc) is 2.57. The molecule has 1 aromatic carbocycles. The topological polar surface area (TPSA) is 41.6 Å². The van der Waals surface area contributed by atoms with Crippen molar-refractivity contribution in [1.29, 1.82) is 0 Å². The Morgan fingerprint density at radius 1 is 1.23 bits per heavy atom. The predicted octanol–water partition coefficient (Wildman–Crippen LogP) is 1.84. The van der Waals surface area contributed by atoms with E-state index in [1.807, 2.05) is 18.2 Å². The molecule has 4 heteroatoms. The van der Waals surface area contributed by atoms with Crippen molar-refractivity contribution in [3.8, 4) is 11.3 Å². The molecule has 0 aliphatic heterocycles. The van der Waals surface area contributed by atoms with Crippen LogP contribution in [0.4, 0.5) is 0 Å². The average molecular weight is 193 g/mol. The number of benzene rings is 1. The SMILES string of the molecule is Cc1ccccc1-c1c[nH]nn1.P. The van der Waals surface area contributed by atoms with Crippen molar-refractivity contribution in [2.24, 2.45) is 0 Å². The fourth-order valence-corrected chi connectivity index (χ4v) is 1.19. The van der Waals surface area contributed by atoms with Gasteiger partial charge in [0.1, 0.15) is 5.69 Å². The van der Waals surface area contributed by atoms with Gasteiger partial charge in [0.15, 0.2) is 0 Å². The van der Waals surface area contributed by atoms with Gasteiger partial charge in [-0.2, -0.15) is 9.90 Å². The lowest BCUT2D eigenvalue weighted by Crippen LogP contribution is -1.81. The Labute approximate surface area is 80.2 Å². The van der Waals surface area contributed by atoms with E-state index in [1.54, 1.807) is 6.20 Å². The highest BCUT2D eigenvalue weighted by Gasteiger charge is 2.01. The van der Waals surface area contributed by atoms with Gasteiger partial charge in [0.05, 0.1) is 0 Å². The molecule has 0 saturated heterocycles. The Morgan fingerprint density at radius 2 is 2.00 bits per heavy atom. The van der Waals surface area contributed by atoms with Crippen LogP contribution in [0, 0.1) is 6.92 Å². The molecular formula is C9H12N3P. The third-order valence-corrected chi connectivity index (χ3v) is 1.84. The Bertz CT molecular complexity index is 370. The summed E-state index contributed by atoms with van der Waals surface area (Å²) < 4.78 is 0. The number of aromatic amines is 1. The molecular weight excluding hydrogens is 181 g/mol. The van der Waals surface area contributed by atoms with E-state index in [0.717, 1.165) is 11.3 Å². The number of nitrogens with one attached hydrogen (secondary N) is 1. The van der Waals surface area contributed by atoms with Crippen molar-refractivity contribution in [2.45, 2.75) is 6.92 Å². The summed E-state index contributed by atoms with van der Waals surface area (Å²) in [6, 6.07) is 8.10. The van der Waals surface area contributed by atoms with E-state index < -0.39 is 0 Å². The van der Waals surface area contributed by atoms with Gasteiger partial charge in [-0.15, -0.1) is 5.10 Å². The molecule has 13 heavy (non-hydrogen) atoms. The van der Waals surface area contributed by atoms with Crippen LogP contribution in [-0.4, -0.2) is 15.4 Å². The zero-order valence-corrected chi connectivity index (χ0v) is 8.90. The number of aryl methyl sites for hydroxylation is 1. The van der Waals surface area contributed by atoms with Crippen molar-refractivity contribution >= 4 is 9.90 Å². The first-order chi connectivity index (χ1) is 5.88. The molecule has 0 aliphatic rings. The van der Waals surface area contributed by atoms with E-state index in [9.17, 15) is 0 Å². The number of nitrogens with zero attached hydrogens (tertiary/aromatic N) is 2. The first-order valence-electron chi connectivity index (χ1n) is 3.80. The summed E-state index contributed by atoms with van der Waals surface area (Å²) in [5.41, 5.74) is 3.24. The van der Waals surface area contributed by atoms with Gasteiger partial charge in [-0.1, -0.05) is 29.5 Å². The maximum Gasteiger partial charge on any atom is 0.113 e. The molecule has 0 fully saturated rings. The number of hydrogen-bond donors (Lipinski definition) is 1. The van der Waals surface area contributed by atoms with Crippen LogP contribution in [0.3, 0.4) is 0 Å². The van der Waals surface area contributed by atoms with Crippen LogP contribution < -0.4 is 0 Å². The molecule has 2 rings (SSSR count). The third kappa shape index (κ3) is 1.93. The fraction of sp³-hybridized carbons (Fsp3) is 0.111. The lowest BCUT2D eigenvalue weighted by Gasteiger charge is -1.98.